The Kier molecular flexibility index (Phi) is 44.8. The van der Waals surface area contributed by atoms with Crippen molar-refractivity contribution >= 4 is 0 Å². The molecule has 0 aromatic heterocycles. The molecule has 0 saturated carbocycles. The normalized spacial score (nSPS) is 11.1. The predicted octanol–water partition coefficient (Wildman–Crippen LogP) is 3.65. The van der Waals surface area contributed by atoms with Crippen molar-refractivity contribution in [3.63, 3.8) is 0 Å². The van der Waals surface area contributed by atoms with E-state index < -0.39 is 0 Å². The lowest BCUT2D eigenvalue weighted by Crippen LogP contribution is -2.13. The maximum atomic E-state index is 5.32. The molecule has 0 unspecified atom stereocenters. The van der Waals surface area contributed by atoms with Crippen molar-refractivity contribution in [2.75, 3.05) is 127 Å². The van der Waals surface area contributed by atoms with Crippen molar-refractivity contribution < 1.29 is 52.1 Å². The van der Waals surface area contributed by atoms with Crippen LogP contribution in [-0.2, 0) is 52.1 Å². The van der Waals surface area contributed by atoms with E-state index in [1.165, 1.54) is 0 Å². The van der Waals surface area contributed by atoms with Gasteiger partial charge in [-0.25, -0.2) is 0 Å². The lowest BCUT2D eigenvalue weighted by molar-refractivity contribution is -0.0108. The molecule has 11 heteroatoms. The zero-order valence-electron chi connectivity index (χ0n) is 27.2. The van der Waals surface area contributed by atoms with E-state index in [4.69, 9.17) is 52.1 Å². The van der Waals surface area contributed by atoms with Crippen molar-refractivity contribution in [3.8, 4) is 0 Å². The summed E-state index contributed by atoms with van der Waals surface area (Å²) in [5.41, 5.74) is 0. The standard InChI is InChI=1S/C11H24O4.C10H22O4.C8H18O3/c1-4-12-5-6-13-7-8-14-9-10-15-11(2)3;1-10(2)14-9-8-13-7-6-12-5-4-11-3;1-8(2)11-7-6-10-5-4-9-3/h11H,4-10H2,1-3H3;10H,4-9H2,1-3H3;8H,4-7H2,1-3H3. The van der Waals surface area contributed by atoms with Gasteiger partial charge in [-0.3, -0.25) is 0 Å². The highest BCUT2D eigenvalue weighted by molar-refractivity contribution is 4.39. The Morgan fingerprint density at radius 2 is 0.550 bits per heavy atom. The summed E-state index contributed by atoms with van der Waals surface area (Å²) in [6.07, 6.45) is 0.841. The largest absolute Gasteiger partial charge is 0.382 e. The van der Waals surface area contributed by atoms with E-state index in [-0.39, 0.29) is 12.2 Å². The number of rotatable bonds is 28. The lowest BCUT2D eigenvalue weighted by atomic mass is 10.5. The van der Waals surface area contributed by atoms with Crippen LogP contribution in [0.2, 0.25) is 0 Å². The highest BCUT2D eigenvalue weighted by atomic mass is 16.6. The minimum atomic E-state index is 0.274. The first kappa shape index (κ1) is 44.0. The quantitative estimate of drug-likeness (QED) is 0.125. The van der Waals surface area contributed by atoms with Crippen molar-refractivity contribution in [1.29, 1.82) is 0 Å². The first-order chi connectivity index (χ1) is 19.3. The molecule has 0 atom stereocenters. The molecule has 0 rings (SSSR count). The van der Waals surface area contributed by atoms with E-state index in [0.29, 0.717) is 112 Å². The van der Waals surface area contributed by atoms with Crippen LogP contribution in [0.25, 0.3) is 0 Å². The Morgan fingerprint density at radius 1 is 0.325 bits per heavy atom. The highest BCUT2D eigenvalue weighted by Gasteiger charge is 1.95. The Balaban J connectivity index is -0.000000520. The summed E-state index contributed by atoms with van der Waals surface area (Å²) < 4.78 is 56.9. The molecule has 0 aliphatic rings. The van der Waals surface area contributed by atoms with E-state index in [1.807, 2.05) is 48.5 Å². The van der Waals surface area contributed by atoms with Crippen LogP contribution in [-0.4, -0.2) is 145 Å². The van der Waals surface area contributed by atoms with Gasteiger partial charge in [0.25, 0.3) is 0 Å². The average Bonchev–Trinajstić information content (AvgIpc) is 2.91. The van der Waals surface area contributed by atoms with Gasteiger partial charge in [0, 0.05) is 20.8 Å². The van der Waals surface area contributed by atoms with Crippen LogP contribution in [0.5, 0.6) is 0 Å². The van der Waals surface area contributed by atoms with Crippen LogP contribution in [0.1, 0.15) is 48.5 Å². The molecular formula is C29H64O11. The molecule has 0 bridgehead atoms. The number of hydrogen-bond donors (Lipinski definition) is 0. The summed E-state index contributed by atoms with van der Waals surface area (Å²) in [6, 6.07) is 0. The molecule has 0 N–H and O–H groups in total. The van der Waals surface area contributed by atoms with Crippen LogP contribution in [0.4, 0.5) is 0 Å². The van der Waals surface area contributed by atoms with Crippen molar-refractivity contribution in [1.82, 2.24) is 0 Å². The van der Waals surface area contributed by atoms with Gasteiger partial charge < -0.3 is 52.1 Å². The van der Waals surface area contributed by atoms with Gasteiger partial charge in [0.15, 0.2) is 0 Å². The molecule has 246 valence electrons. The Labute approximate surface area is 245 Å². The first-order valence-corrected chi connectivity index (χ1v) is 14.6. The minimum absolute atomic E-state index is 0.274. The van der Waals surface area contributed by atoms with Crippen LogP contribution in [0.3, 0.4) is 0 Å². The van der Waals surface area contributed by atoms with Gasteiger partial charge >= 0.3 is 0 Å². The van der Waals surface area contributed by atoms with Gasteiger partial charge in [0.1, 0.15) is 0 Å². The molecule has 0 aromatic rings. The topological polar surface area (TPSA) is 102 Å². The van der Waals surface area contributed by atoms with Crippen molar-refractivity contribution in [3.05, 3.63) is 0 Å². The highest BCUT2D eigenvalue weighted by Crippen LogP contribution is 1.89. The van der Waals surface area contributed by atoms with Gasteiger partial charge in [-0.1, -0.05) is 0 Å². The SMILES string of the molecule is CCOCCOCCOCCOC(C)C.COCCOCCOC(C)C.COCCOCCOCCOC(C)C. The maximum absolute atomic E-state index is 5.32. The molecular weight excluding hydrogens is 524 g/mol. The van der Waals surface area contributed by atoms with Crippen LogP contribution >= 0.6 is 0 Å². The lowest BCUT2D eigenvalue weighted by Gasteiger charge is -2.08. The zero-order valence-corrected chi connectivity index (χ0v) is 27.2. The molecule has 11 nitrogen and oxygen atoms in total. The predicted molar refractivity (Wildman–Crippen MR) is 158 cm³/mol. The molecule has 40 heavy (non-hydrogen) atoms. The van der Waals surface area contributed by atoms with Gasteiger partial charge in [0.05, 0.1) is 124 Å². The van der Waals surface area contributed by atoms with Crippen LogP contribution in [0, 0.1) is 0 Å². The monoisotopic (exact) mass is 588 g/mol. The van der Waals surface area contributed by atoms with Crippen molar-refractivity contribution in [2.24, 2.45) is 0 Å². The maximum Gasteiger partial charge on any atom is 0.0703 e. The Bertz CT molecular complexity index is 413. The van der Waals surface area contributed by atoms with E-state index in [9.17, 15) is 0 Å². The summed E-state index contributed by atoms with van der Waals surface area (Å²) in [6.45, 7) is 25.0. The third-order valence-electron chi connectivity index (χ3n) is 4.22. The fourth-order valence-corrected chi connectivity index (χ4v) is 2.32. The fourth-order valence-electron chi connectivity index (χ4n) is 2.32. The summed E-state index contributed by atoms with van der Waals surface area (Å²) in [5, 5.41) is 0. The number of ether oxygens (including phenoxy) is 11. The van der Waals surface area contributed by atoms with E-state index in [1.54, 1.807) is 14.2 Å². The second-order valence-electron chi connectivity index (χ2n) is 9.00. The van der Waals surface area contributed by atoms with E-state index in [0.717, 1.165) is 6.61 Å². The summed E-state index contributed by atoms with van der Waals surface area (Å²) in [7, 11) is 3.32. The van der Waals surface area contributed by atoms with Crippen LogP contribution in [0.15, 0.2) is 0 Å². The fraction of sp³-hybridized carbons (Fsp3) is 1.00. The molecule has 0 spiro atoms. The summed E-state index contributed by atoms with van der Waals surface area (Å²) in [5.74, 6) is 0. The molecule has 0 fully saturated rings. The Hall–Kier alpha value is -0.440. The third kappa shape index (κ3) is 53.8. The molecule has 0 saturated heterocycles. The van der Waals surface area contributed by atoms with Gasteiger partial charge in [-0.15, -0.1) is 0 Å². The summed E-state index contributed by atoms with van der Waals surface area (Å²) >= 11 is 0. The Morgan fingerprint density at radius 3 is 0.775 bits per heavy atom. The second-order valence-corrected chi connectivity index (χ2v) is 9.00. The van der Waals surface area contributed by atoms with Gasteiger partial charge in [-0.05, 0) is 48.5 Å². The average molecular weight is 589 g/mol. The number of hydrogen-bond acceptors (Lipinski definition) is 11. The summed E-state index contributed by atoms with van der Waals surface area (Å²) in [4.78, 5) is 0. The minimum Gasteiger partial charge on any atom is -0.382 e. The molecule has 0 aliphatic heterocycles. The van der Waals surface area contributed by atoms with E-state index in [2.05, 4.69) is 0 Å². The first-order valence-electron chi connectivity index (χ1n) is 14.6. The number of methoxy groups -OCH3 is 2. The molecule has 0 aliphatic carbocycles. The van der Waals surface area contributed by atoms with Gasteiger partial charge in [0.2, 0.25) is 0 Å². The van der Waals surface area contributed by atoms with Gasteiger partial charge in [-0.2, -0.15) is 0 Å². The molecule has 0 heterocycles. The molecule has 0 radical (unpaired) electrons. The smallest absolute Gasteiger partial charge is 0.0703 e. The van der Waals surface area contributed by atoms with E-state index >= 15 is 0 Å². The zero-order chi connectivity index (χ0) is 30.5. The molecule has 0 aromatic carbocycles. The second kappa shape index (κ2) is 40.7. The van der Waals surface area contributed by atoms with Crippen molar-refractivity contribution in [2.45, 2.75) is 66.8 Å². The third-order valence-corrected chi connectivity index (χ3v) is 4.22. The molecule has 0 amide bonds. The van der Waals surface area contributed by atoms with Crippen LogP contribution < -0.4 is 0 Å².